The van der Waals surface area contributed by atoms with Crippen molar-refractivity contribution in [1.29, 1.82) is 0 Å². The number of nitrogens with one attached hydrogen (secondary N) is 1. The zero-order valence-electron chi connectivity index (χ0n) is 14.1. The summed E-state index contributed by atoms with van der Waals surface area (Å²) in [5.74, 6) is 0. The molecule has 3 heterocycles. The molecule has 3 rings (SSSR count). The number of ether oxygens (including phenoxy) is 1. The third-order valence-electron chi connectivity index (χ3n) is 4.84. The van der Waals surface area contributed by atoms with Crippen LogP contribution >= 0.6 is 11.3 Å². The number of hydrogen-bond donors (Lipinski definition) is 3. The van der Waals surface area contributed by atoms with Gasteiger partial charge in [0.25, 0.3) is 0 Å². The lowest BCUT2D eigenvalue weighted by molar-refractivity contribution is -0.0201. The fourth-order valence-corrected chi connectivity index (χ4v) is 5.48. The molecule has 0 amide bonds. The summed E-state index contributed by atoms with van der Waals surface area (Å²) >= 11 is 1.15. The summed E-state index contributed by atoms with van der Waals surface area (Å²) in [5.41, 5.74) is 0. The predicted molar refractivity (Wildman–Crippen MR) is 94.1 cm³/mol. The van der Waals surface area contributed by atoms with E-state index < -0.39 is 28.3 Å². The Kier molecular flexibility index (Phi) is 6.11. The van der Waals surface area contributed by atoms with Crippen molar-refractivity contribution in [3.8, 4) is 0 Å². The molecule has 25 heavy (non-hydrogen) atoms. The van der Waals surface area contributed by atoms with Gasteiger partial charge < -0.3 is 19.8 Å². The third kappa shape index (κ3) is 4.22. The average Bonchev–Trinajstić information content (AvgIpc) is 3.23. The van der Waals surface area contributed by atoms with E-state index in [1.807, 2.05) is 7.05 Å². The van der Waals surface area contributed by atoms with E-state index in [-0.39, 0.29) is 23.4 Å². The molecule has 1 aromatic heterocycles. The lowest BCUT2D eigenvalue weighted by Gasteiger charge is -2.39. The van der Waals surface area contributed by atoms with Gasteiger partial charge in [0.2, 0.25) is 10.0 Å². The first-order valence-corrected chi connectivity index (χ1v) is 10.7. The highest BCUT2D eigenvalue weighted by Gasteiger charge is 2.46. The van der Waals surface area contributed by atoms with E-state index in [9.17, 15) is 18.6 Å². The van der Waals surface area contributed by atoms with Crippen molar-refractivity contribution in [1.82, 2.24) is 14.5 Å². The lowest BCUT2D eigenvalue weighted by atomic mass is 10.0. The zero-order valence-corrected chi connectivity index (χ0v) is 15.7. The van der Waals surface area contributed by atoms with Crippen LogP contribution in [0.15, 0.2) is 21.7 Å². The Hall–Kier alpha value is -0.590. The predicted octanol–water partition coefficient (Wildman–Crippen LogP) is -1.24. The van der Waals surface area contributed by atoms with E-state index in [0.717, 1.165) is 37.5 Å². The first kappa shape index (κ1) is 19.2. The maximum absolute atomic E-state index is 12.3. The van der Waals surface area contributed by atoms with E-state index in [1.54, 1.807) is 17.5 Å². The fourth-order valence-electron chi connectivity index (χ4n) is 3.40. The molecule has 2 fully saturated rings. The monoisotopic (exact) mass is 391 g/mol. The Balaban J connectivity index is 1.69. The number of sulfonamides is 1. The van der Waals surface area contributed by atoms with Crippen molar-refractivity contribution < 1.29 is 23.4 Å². The van der Waals surface area contributed by atoms with Crippen molar-refractivity contribution in [3.05, 3.63) is 17.5 Å². The van der Waals surface area contributed by atoms with Crippen molar-refractivity contribution in [2.75, 3.05) is 46.4 Å². The van der Waals surface area contributed by atoms with Crippen molar-refractivity contribution in [2.45, 2.75) is 28.6 Å². The molecular formula is C15H25N3O5S2. The summed E-state index contributed by atoms with van der Waals surface area (Å²) in [4.78, 5) is 4.33. The minimum Gasteiger partial charge on any atom is -0.394 e. The third-order valence-corrected chi connectivity index (χ3v) is 7.66. The van der Waals surface area contributed by atoms with Gasteiger partial charge in [-0.15, -0.1) is 11.3 Å². The van der Waals surface area contributed by atoms with E-state index in [2.05, 4.69) is 14.5 Å². The first-order chi connectivity index (χ1) is 11.9. The van der Waals surface area contributed by atoms with Crippen LogP contribution in [-0.4, -0.2) is 99.2 Å². The average molecular weight is 392 g/mol. The van der Waals surface area contributed by atoms with Gasteiger partial charge >= 0.3 is 0 Å². The molecule has 2 aliphatic rings. The largest absolute Gasteiger partial charge is 0.394 e. The molecule has 0 unspecified atom stereocenters. The number of aliphatic hydroxyl groups excluding tert-OH is 2. The van der Waals surface area contributed by atoms with Gasteiger partial charge in [0.15, 0.2) is 0 Å². The second-order valence-corrected chi connectivity index (χ2v) is 9.44. The summed E-state index contributed by atoms with van der Waals surface area (Å²) in [5, 5.41) is 21.7. The molecule has 0 aromatic carbocycles. The maximum Gasteiger partial charge on any atom is 0.250 e. The highest BCUT2D eigenvalue weighted by Crippen LogP contribution is 2.27. The Morgan fingerprint density at radius 1 is 1.32 bits per heavy atom. The van der Waals surface area contributed by atoms with Gasteiger partial charge in [-0.1, -0.05) is 6.07 Å². The lowest BCUT2D eigenvalue weighted by Crippen LogP contribution is -2.56. The highest BCUT2D eigenvalue weighted by molar-refractivity contribution is 7.91. The summed E-state index contributed by atoms with van der Waals surface area (Å²) in [6.07, 6.45) is -2.05. The number of thiophene rings is 1. The van der Waals surface area contributed by atoms with Gasteiger partial charge in [0.05, 0.1) is 18.8 Å². The summed E-state index contributed by atoms with van der Waals surface area (Å²) in [7, 11) is -1.55. The second kappa shape index (κ2) is 7.97. The SMILES string of the molecule is CN1CCN([C@@H]2[C@H](O)[C@H](CO)O[C@@H]2CNS(=O)(=O)c2cccs2)CC1. The van der Waals surface area contributed by atoms with Crippen LogP contribution in [0.4, 0.5) is 0 Å². The molecule has 1 aromatic rings. The molecular weight excluding hydrogens is 366 g/mol. The molecule has 0 bridgehead atoms. The molecule has 0 saturated carbocycles. The molecule has 3 N–H and O–H groups in total. The van der Waals surface area contributed by atoms with Crippen molar-refractivity contribution in [2.24, 2.45) is 0 Å². The molecule has 2 saturated heterocycles. The van der Waals surface area contributed by atoms with Crippen LogP contribution in [0.3, 0.4) is 0 Å². The minimum atomic E-state index is -3.59. The van der Waals surface area contributed by atoms with Crippen LogP contribution in [-0.2, 0) is 14.8 Å². The first-order valence-electron chi connectivity index (χ1n) is 8.32. The Labute approximate surface area is 152 Å². The van der Waals surface area contributed by atoms with Crippen LogP contribution < -0.4 is 4.72 Å². The molecule has 0 aliphatic carbocycles. The number of aliphatic hydroxyl groups is 2. The van der Waals surface area contributed by atoms with Crippen LogP contribution in [0.5, 0.6) is 0 Å². The topological polar surface area (TPSA) is 102 Å². The van der Waals surface area contributed by atoms with Crippen LogP contribution in [0.25, 0.3) is 0 Å². The maximum atomic E-state index is 12.3. The Bertz CT molecular complexity index is 646. The van der Waals surface area contributed by atoms with Gasteiger partial charge in [0, 0.05) is 32.7 Å². The molecule has 2 aliphatic heterocycles. The molecule has 142 valence electrons. The van der Waals surface area contributed by atoms with E-state index in [0.29, 0.717) is 0 Å². The standard InChI is InChI=1S/C15H25N3O5S2/c1-17-4-6-18(7-5-17)14-11(23-12(10-19)15(14)20)9-16-25(21,22)13-3-2-8-24-13/h2-3,8,11-12,14-16,19-20H,4-7,9-10H2,1H3/t11-,12+,14+,15-/m1/s1. The van der Waals surface area contributed by atoms with Crippen molar-refractivity contribution >= 4 is 21.4 Å². The number of likely N-dealkylation sites (N-methyl/N-ethyl adjacent to an activating group) is 1. The Morgan fingerprint density at radius 2 is 2.04 bits per heavy atom. The van der Waals surface area contributed by atoms with Gasteiger partial charge in [-0.2, -0.15) is 0 Å². The molecule has 8 nitrogen and oxygen atoms in total. The quantitative estimate of drug-likeness (QED) is 0.558. The van der Waals surface area contributed by atoms with E-state index >= 15 is 0 Å². The van der Waals surface area contributed by atoms with Crippen LogP contribution in [0.2, 0.25) is 0 Å². The minimum absolute atomic E-state index is 0.0603. The van der Waals surface area contributed by atoms with Gasteiger partial charge in [-0.25, -0.2) is 13.1 Å². The van der Waals surface area contributed by atoms with E-state index in [1.165, 1.54) is 0 Å². The molecule has 0 spiro atoms. The zero-order chi connectivity index (χ0) is 18.0. The number of nitrogens with zero attached hydrogens (tertiary/aromatic N) is 2. The van der Waals surface area contributed by atoms with Gasteiger partial charge in [-0.3, -0.25) is 4.90 Å². The normalized spacial score (nSPS) is 32.3. The number of rotatable bonds is 6. The molecule has 4 atom stereocenters. The number of piperazine rings is 1. The molecule has 0 radical (unpaired) electrons. The summed E-state index contributed by atoms with van der Waals surface area (Å²) in [6.45, 7) is 3.06. The smallest absolute Gasteiger partial charge is 0.250 e. The van der Waals surface area contributed by atoms with E-state index in [4.69, 9.17) is 4.74 Å². The fraction of sp³-hybridized carbons (Fsp3) is 0.733. The van der Waals surface area contributed by atoms with Crippen molar-refractivity contribution in [3.63, 3.8) is 0 Å². The second-order valence-electron chi connectivity index (χ2n) is 6.50. The number of hydrogen-bond acceptors (Lipinski definition) is 8. The van der Waals surface area contributed by atoms with Crippen LogP contribution in [0.1, 0.15) is 0 Å². The van der Waals surface area contributed by atoms with Gasteiger partial charge in [-0.05, 0) is 18.5 Å². The summed E-state index contributed by atoms with van der Waals surface area (Å²) in [6, 6.07) is 2.90. The highest BCUT2D eigenvalue weighted by atomic mass is 32.2. The summed E-state index contributed by atoms with van der Waals surface area (Å²) < 4.78 is 33.2. The van der Waals surface area contributed by atoms with Crippen LogP contribution in [0, 0.1) is 0 Å². The Morgan fingerprint density at radius 3 is 2.64 bits per heavy atom. The molecule has 10 heteroatoms. The van der Waals surface area contributed by atoms with Gasteiger partial charge in [0.1, 0.15) is 16.4 Å².